The van der Waals surface area contributed by atoms with Gasteiger partial charge in [0, 0.05) is 4.47 Å². The summed E-state index contributed by atoms with van der Waals surface area (Å²) in [6.07, 6.45) is -2.29. The number of amides is 1. The van der Waals surface area contributed by atoms with Crippen LogP contribution in [-0.4, -0.2) is 15.9 Å². The molecule has 0 atom stereocenters. The maximum absolute atomic E-state index is 13.6. The van der Waals surface area contributed by atoms with E-state index >= 15 is 0 Å². The van der Waals surface area contributed by atoms with E-state index in [1.165, 1.54) is 6.33 Å². The zero-order valence-electron chi connectivity index (χ0n) is 9.55. The van der Waals surface area contributed by atoms with Crippen LogP contribution in [0.1, 0.15) is 16.1 Å². The van der Waals surface area contributed by atoms with E-state index in [-0.39, 0.29) is 5.69 Å². The normalized spacial score (nSPS) is 11.4. The summed E-state index contributed by atoms with van der Waals surface area (Å²) in [5.74, 6) is -1.78. The van der Waals surface area contributed by atoms with E-state index < -0.39 is 33.6 Å². The molecule has 0 bridgehead atoms. The first-order chi connectivity index (χ1) is 9.29. The SMILES string of the molecule is O=C(Nc1cc(C(F)(F)F)c(Br)cc1F)c1cnc[nH]1. The number of alkyl halides is 3. The van der Waals surface area contributed by atoms with Crippen molar-refractivity contribution >= 4 is 27.5 Å². The Morgan fingerprint density at radius 3 is 2.60 bits per heavy atom. The van der Waals surface area contributed by atoms with Gasteiger partial charge in [0.05, 0.1) is 23.8 Å². The van der Waals surface area contributed by atoms with Crippen LogP contribution in [0.3, 0.4) is 0 Å². The second kappa shape index (κ2) is 5.23. The highest BCUT2D eigenvalue weighted by Gasteiger charge is 2.34. The number of hydrogen-bond acceptors (Lipinski definition) is 2. The molecular formula is C11H6BrF4N3O. The third kappa shape index (κ3) is 2.98. The van der Waals surface area contributed by atoms with Gasteiger partial charge >= 0.3 is 6.18 Å². The summed E-state index contributed by atoms with van der Waals surface area (Å²) >= 11 is 2.63. The van der Waals surface area contributed by atoms with Gasteiger partial charge in [-0.3, -0.25) is 4.79 Å². The number of nitrogens with zero attached hydrogens (tertiary/aromatic N) is 1. The Morgan fingerprint density at radius 2 is 2.05 bits per heavy atom. The van der Waals surface area contributed by atoms with Crippen LogP contribution in [0.4, 0.5) is 23.2 Å². The van der Waals surface area contributed by atoms with E-state index in [0.717, 1.165) is 6.20 Å². The van der Waals surface area contributed by atoms with Crippen molar-refractivity contribution in [3.8, 4) is 0 Å². The third-order valence-electron chi connectivity index (χ3n) is 2.35. The molecular weight excluding hydrogens is 346 g/mol. The molecule has 0 aliphatic carbocycles. The minimum absolute atomic E-state index is 0.000812. The first kappa shape index (κ1) is 14.5. The Kier molecular flexibility index (Phi) is 3.80. The molecule has 1 heterocycles. The number of carbonyl (C=O) groups excluding carboxylic acids is 1. The Morgan fingerprint density at radius 1 is 1.35 bits per heavy atom. The monoisotopic (exact) mass is 351 g/mol. The van der Waals surface area contributed by atoms with Crippen LogP contribution in [0.5, 0.6) is 0 Å². The highest BCUT2D eigenvalue weighted by atomic mass is 79.9. The lowest BCUT2D eigenvalue weighted by molar-refractivity contribution is -0.138. The van der Waals surface area contributed by atoms with Crippen LogP contribution in [0, 0.1) is 5.82 Å². The molecule has 0 aliphatic heterocycles. The number of H-pyrrole nitrogens is 1. The van der Waals surface area contributed by atoms with Gasteiger partial charge < -0.3 is 10.3 Å². The first-order valence-corrected chi connectivity index (χ1v) is 5.94. The van der Waals surface area contributed by atoms with Gasteiger partial charge in [-0.05, 0) is 12.1 Å². The fourth-order valence-electron chi connectivity index (χ4n) is 1.43. The van der Waals surface area contributed by atoms with Crippen molar-refractivity contribution in [3.63, 3.8) is 0 Å². The predicted molar refractivity (Wildman–Crippen MR) is 65.6 cm³/mol. The summed E-state index contributed by atoms with van der Waals surface area (Å²) in [7, 11) is 0. The van der Waals surface area contributed by atoms with Crippen LogP contribution in [0.25, 0.3) is 0 Å². The standard InChI is InChI=1S/C11H6BrF4N3O/c12-6-2-7(13)8(1-5(6)11(14,15)16)19-10(20)9-3-17-4-18-9/h1-4H,(H,17,18)(H,19,20). The molecule has 0 spiro atoms. The fourth-order valence-corrected chi connectivity index (χ4v) is 1.97. The summed E-state index contributed by atoms with van der Waals surface area (Å²) in [6.45, 7) is 0. The van der Waals surface area contributed by atoms with Crippen molar-refractivity contribution in [1.82, 2.24) is 9.97 Å². The fraction of sp³-hybridized carbons (Fsp3) is 0.0909. The van der Waals surface area contributed by atoms with Crippen LogP contribution < -0.4 is 5.32 Å². The molecule has 0 saturated heterocycles. The van der Waals surface area contributed by atoms with Crippen LogP contribution in [0.2, 0.25) is 0 Å². The van der Waals surface area contributed by atoms with Gasteiger partial charge in [-0.25, -0.2) is 9.37 Å². The number of halogens is 5. The van der Waals surface area contributed by atoms with Gasteiger partial charge in [0.25, 0.3) is 5.91 Å². The van der Waals surface area contributed by atoms with Crippen molar-refractivity contribution in [3.05, 3.63) is 46.2 Å². The number of aromatic nitrogens is 2. The molecule has 0 radical (unpaired) electrons. The van der Waals surface area contributed by atoms with Crippen molar-refractivity contribution < 1.29 is 22.4 Å². The van der Waals surface area contributed by atoms with Crippen LogP contribution in [-0.2, 0) is 6.18 Å². The van der Waals surface area contributed by atoms with E-state index in [0.29, 0.717) is 12.1 Å². The summed E-state index contributed by atoms with van der Waals surface area (Å²) < 4.78 is 51.2. The van der Waals surface area contributed by atoms with Crippen molar-refractivity contribution in [2.45, 2.75) is 6.18 Å². The molecule has 20 heavy (non-hydrogen) atoms. The number of carbonyl (C=O) groups is 1. The van der Waals surface area contributed by atoms with E-state index in [1.54, 1.807) is 0 Å². The van der Waals surface area contributed by atoms with Gasteiger partial charge in [-0.2, -0.15) is 13.2 Å². The number of imidazole rings is 1. The zero-order chi connectivity index (χ0) is 14.9. The minimum atomic E-state index is -4.67. The molecule has 2 rings (SSSR count). The lowest BCUT2D eigenvalue weighted by atomic mass is 10.2. The molecule has 1 aromatic carbocycles. The Balaban J connectivity index is 2.35. The lowest BCUT2D eigenvalue weighted by Gasteiger charge is -2.12. The van der Waals surface area contributed by atoms with Gasteiger partial charge in [0.2, 0.25) is 0 Å². The second-order valence-electron chi connectivity index (χ2n) is 3.73. The Labute approximate surface area is 118 Å². The van der Waals surface area contributed by atoms with Gasteiger partial charge in [0.15, 0.2) is 0 Å². The maximum Gasteiger partial charge on any atom is 0.417 e. The first-order valence-electron chi connectivity index (χ1n) is 5.15. The molecule has 9 heteroatoms. The molecule has 2 aromatic rings. The van der Waals surface area contributed by atoms with Crippen molar-refractivity contribution in [2.24, 2.45) is 0 Å². The van der Waals surface area contributed by atoms with E-state index in [2.05, 4.69) is 25.9 Å². The van der Waals surface area contributed by atoms with Gasteiger partial charge in [-0.15, -0.1) is 0 Å². The molecule has 2 N–H and O–H groups in total. The quantitative estimate of drug-likeness (QED) is 0.812. The number of benzene rings is 1. The molecule has 106 valence electrons. The Bertz CT molecular complexity index is 640. The number of rotatable bonds is 2. The van der Waals surface area contributed by atoms with E-state index in [1.807, 2.05) is 5.32 Å². The number of nitrogens with one attached hydrogen (secondary N) is 2. The average molecular weight is 352 g/mol. The maximum atomic E-state index is 13.6. The number of hydrogen-bond donors (Lipinski definition) is 2. The highest BCUT2D eigenvalue weighted by Crippen LogP contribution is 2.37. The molecule has 0 aliphatic rings. The predicted octanol–water partition coefficient (Wildman–Crippen LogP) is 3.58. The molecule has 1 aromatic heterocycles. The van der Waals surface area contributed by atoms with E-state index in [4.69, 9.17) is 0 Å². The summed E-state index contributed by atoms with van der Waals surface area (Å²) in [6, 6.07) is 1.17. The van der Waals surface area contributed by atoms with Crippen molar-refractivity contribution in [1.29, 1.82) is 0 Å². The highest BCUT2D eigenvalue weighted by molar-refractivity contribution is 9.10. The third-order valence-corrected chi connectivity index (χ3v) is 3.01. The summed E-state index contributed by atoms with van der Waals surface area (Å²) in [5.41, 5.74) is -1.65. The van der Waals surface area contributed by atoms with Crippen LogP contribution >= 0.6 is 15.9 Å². The molecule has 1 amide bonds. The smallest absolute Gasteiger partial charge is 0.341 e. The number of aromatic amines is 1. The van der Waals surface area contributed by atoms with E-state index in [9.17, 15) is 22.4 Å². The largest absolute Gasteiger partial charge is 0.417 e. The average Bonchev–Trinajstić information content (AvgIpc) is 2.84. The minimum Gasteiger partial charge on any atom is -0.341 e. The second-order valence-corrected chi connectivity index (χ2v) is 4.58. The summed E-state index contributed by atoms with van der Waals surface area (Å²) in [4.78, 5) is 17.7. The molecule has 0 fully saturated rings. The van der Waals surface area contributed by atoms with Gasteiger partial charge in [0.1, 0.15) is 11.5 Å². The number of anilines is 1. The zero-order valence-corrected chi connectivity index (χ0v) is 11.1. The molecule has 0 unspecified atom stereocenters. The summed E-state index contributed by atoms with van der Waals surface area (Å²) in [5, 5.41) is 2.05. The van der Waals surface area contributed by atoms with Gasteiger partial charge in [-0.1, -0.05) is 15.9 Å². The molecule has 0 saturated carbocycles. The Hall–Kier alpha value is -1.90. The topological polar surface area (TPSA) is 57.8 Å². The molecule has 4 nitrogen and oxygen atoms in total. The van der Waals surface area contributed by atoms with Crippen LogP contribution in [0.15, 0.2) is 29.1 Å². The lowest BCUT2D eigenvalue weighted by Crippen LogP contribution is -2.15. The van der Waals surface area contributed by atoms with Crippen molar-refractivity contribution in [2.75, 3.05) is 5.32 Å².